The highest BCUT2D eigenvalue weighted by molar-refractivity contribution is 6.05. The Kier molecular flexibility index (Phi) is 6.16. The van der Waals surface area contributed by atoms with Gasteiger partial charge in [-0.1, -0.05) is 25.3 Å². The molecule has 8 nitrogen and oxygen atoms in total. The van der Waals surface area contributed by atoms with Crippen molar-refractivity contribution in [1.82, 2.24) is 25.8 Å². The minimum absolute atomic E-state index is 0.179. The second-order valence-electron chi connectivity index (χ2n) is 7.91. The summed E-state index contributed by atoms with van der Waals surface area (Å²) in [4.78, 5) is 29.2. The maximum Gasteiger partial charge on any atom is 0.272 e. The third kappa shape index (κ3) is 4.38. The number of rotatable bonds is 6. The molecule has 0 aliphatic heterocycles. The minimum atomic E-state index is -0.248. The number of H-pyrrole nitrogens is 1. The number of benzene rings is 1. The first-order valence-corrected chi connectivity index (χ1v) is 10.6. The Morgan fingerprint density at radius 3 is 2.68 bits per heavy atom. The van der Waals surface area contributed by atoms with Crippen LogP contribution >= 0.6 is 0 Å². The van der Waals surface area contributed by atoms with E-state index < -0.39 is 0 Å². The van der Waals surface area contributed by atoms with Crippen molar-refractivity contribution >= 4 is 22.7 Å². The molecule has 0 atom stereocenters. The summed E-state index contributed by atoms with van der Waals surface area (Å²) in [6.45, 7) is 0.675. The highest BCUT2D eigenvalue weighted by atomic mass is 16.5. The van der Waals surface area contributed by atoms with Crippen LogP contribution in [-0.2, 0) is 0 Å². The Bertz CT molecular complexity index is 1100. The Morgan fingerprint density at radius 1 is 1.13 bits per heavy atom. The fraction of sp³-hybridized carbons (Fsp3) is 0.391. The molecule has 1 saturated carbocycles. The molecule has 1 aliphatic carbocycles. The first-order valence-electron chi connectivity index (χ1n) is 10.6. The topological polar surface area (TPSA) is 109 Å². The van der Waals surface area contributed by atoms with Crippen molar-refractivity contribution in [2.24, 2.45) is 5.92 Å². The van der Waals surface area contributed by atoms with E-state index in [0.717, 1.165) is 34.9 Å². The summed E-state index contributed by atoms with van der Waals surface area (Å²) >= 11 is 0. The highest BCUT2D eigenvalue weighted by Gasteiger charge is 2.19. The van der Waals surface area contributed by atoms with E-state index in [9.17, 15) is 9.59 Å². The number of fused-ring (bicyclic) bond motifs is 1. The predicted octanol–water partition coefficient (Wildman–Crippen LogP) is 3.30. The molecule has 31 heavy (non-hydrogen) atoms. The van der Waals surface area contributed by atoms with Crippen LogP contribution in [0.4, 0.5) is 0 Å². The fourth-order valence-electron chi connectivity index (χ4n) is 4.15. The molecule has 0 spiro atoms. The largest absolute Gasteiger partial charge is 0.480 e. The fourth-order valence-corrected chi connectivity index (χ4v) is 4.15. The van der Waals surface area contributed by atoms with Crippen molar-refractivity contribution in [1.29, 1.82) is 0 Å². The number of carbonyl (C=O) groups is 2. The molecule has 3 N–H and O–H groups in total. The van der Waals surface area contributed by atoms with Gasteiger partial charge in [-0.05, 0) is 42.5 Å². The number of amides is 2. The number of nitrogens with one attached hydrogen (secondary N) is 3. The van der Waals surface area contributed by atoms with Gasteiger partial charge in [0, 0.05) is 30.7 Å². The van der Waals surface area contributed by atoms with Crippen LogP contribution in [0.2, 0.25) is 0 Å². The zero-order chi connectivity index (χ0) is 21.8. The van der Waals surface area contributed by atoms with E-state index in [-0.39, 0.29) is 11.8 Å². The summed E-state index contributed by atoms with van der Waals surface area (Å²) in [6, 6.07) is 7.41. The summed E-state index contributed by atoms with van der Waals surface area (Å²) < 4.78 is 5.33. The first kappa shape index (κ1) is 20.8. The molecule has 2 heterocycles. The number of aromatic amines is 1. The molecule has 1 fully saturated rings. The van der Waals surface area contributed by atoms with Crippen molar-refractivity contribution in [2.45, 2.75) is 32.1 Å². The van der Waals surface area contributed by atoms with E-state index in [2.05, 4.69) is 25.8 Å². The molecule has 8 heteroatoms. The van der Waals surface area contributed by atoms with Crippen molar-refractivity contribution in [3.63, 3.8) is 0 Å². The van der Waals surface area contributed by atoms with Crippen molar-refractivity contribution in [2.75, 3.05) is 20.7 Å². The summed E-state index contributed by atoms with van der Waals surface area (Å²) in [5.41, 5.74) is 3.12. The summed E-state index contributed by atoms with van der Waals surface area (Å²) in [5, 5.41) is 13.4. The number of nitrogens with zero attached hydrogens (tertiary/aromatic N) is 2. The SMILES string of the molecule is CNC(=O)c1n[nH]c2cc(-c3cnc(OC)c(C(=O)NCC4CCCCC4)c3)ccc12. The van der Waals surface area contributed by atoms with Crippen molar-refractivity contribution in [3.05, 3.63) is 41.7 Å². The van der Waals surface area contributed by atoms with Gasteiger partial charge in [0.25, 0.3) is 11.8 Å². The third-order valence-electron chi connectivity index (χ3n) is 5.90. The quantitative estimate of drug-likeness (QED) is 0.566. The molecule has 2 aromatic heterocycles. The normalized spacial score (nSPS) is 14.4. The monoisotopic (exact) mass is 421 g/mol. The van der Waals surface area contributed by atoms with Crippen molar-refractivity contribution in [3.8, 4) is 17.0 Å². The minimum Gasteiger partial charge on any atom is -0.480 e. The Labute approximate surface area is 180 Å². The van der Waals surface area contributed by atoms with Gasteiger partial charge in [-0.3, -0.25) is 14.7 Å². The number of aromatic nitrogens is 3. The van der Waals surface area contributed by atoms with E-state index in [1.165, 1.54) is 26.4 Å². The second-order valence-corrected chi connectivity index (χ2v) is 7.91. The molecule has 1 aliphatic rings. The average molecular weight is 422 g/mol. The maximum absolute atomic E-state index is 12.9. The summed E-state index contributed by atoms with van der Waals surface area (Å²) in [6.07, 6.45) is 7.76. The lowest BCUT2D eigenvalue weighted by Gasteiger charge is -2.22. The Morgan fingerprint density at radius 2 is 1.94 bits per heavy atom. The maximum atomic E-state index is 12.9. The lowest BCUT2D eigenvalue weighted by Crippen LogP contribution is -2.30. The zero-order valence-corrected chi connectivity index (χ0v) is 17.8. The zero-order valence-electron chi connectivity index (χ0n) is 17.8. The van der Waals surface area contributed by atoms with E-state index in [0.29, 0.717) is 29.6 Å². The van der Waals surface area contributed by atoms with E-state index in [1.54, 1.807) is 19.3 Å². The van der Waals surface area contributed by atoms with Crippen LogP contribution in [0, 0.1) is 5.92 Å². The van der Waals surface area contributed by atoms with Gasteiger partial charge in [0.2, 0.25) is 5.88 Å². The van der Waals surface area contributed by atoms with Crippen LogP contribution in [0.3, 0.4) is 0 Å². The molecule has 0 bridgehead atoms. The third-order valence-corrected chi connectivity index (χ3v) is 5.90. The second kappa shape index (κ2) is 9.16. The number of carbonyl (C=O) groups excluding carboxylic acids is 2. The van der Waals surface area contributed by atoms with Gasteiger partial charge in [-0.15, -0.1) is 0 Å². The number of methoxy groups -OCH3 is 1. The highest BCUT2D eigenvalue weighted by Crippen LogP contribution is 2.28. The molecule has 2 amide bonds. The lowest BCUT2D eigenvalue weighted by atomic mass is 9.89. The van der Waals surface area contributed by atoms with Gasteiger partial charge in [-0.2, -0.15) is 5.10 Å². The smallest absolute Gasteiger partial charge is 0.272 e. The molecule has 1 aromatic carbocycles. The van der Waals surface area contributed by atoms with Crippen LogP contribution in [0.1, 0.15) is 53.0 Å². The average Bonchev–Trinajstić information content (AvgIpc) is 3.25. The predicted molar refractivity (Wildman–Crippen MR) is 118 cm³/mol. The van der Waals surface area contributed by atoms with Gasteiger partial charge in [0.15, 0.2) is 5.69 Å². The molecule has 0 saturated heterocycles. The molecule has 3 aromatic rings. The van der Waals surface area contributed by atoms with E-state index in [4.69, 9.17) is 4.74 Å². The summed E-state index contributed by atoms with van der Waals surface area (Å²) in [5.74, 6) is 0.412. The molecule has 162 valence electrons. The Hall–Kier alpha value is -3.42. The molecular formula is C23H27N5O3. The van der Waals surface area contributed by atoms with E-state index >= 15 is 0 Å². The van der Waals surface area contributed by atoms with Crippen LogP contribution in [0.15, 0.2) is 30.5 Å². The van der Waals surface area contributed by atoms with Gasteiger partial charge in [-0.25, -0.2) is 4.98 Å². The van der Waals surface area contributed by atoms with Crippen molar-refractivity contribution < 1.29 is 14.3 Å². The van der Waals surface area contributed by atoms with Crippen LogP contribution in [0.25, 0.3) is 22.0 Å². The number of hydrogen-bond acceptors (Lipinski definition) is 5. The lowest BCUT2D eigenvalue weighted by molar-refractivity contribution is 0.0937. The number of ether oxygens (including phenoxy) is 1. The number of pyridine rings is 1. The van der Waals surface area contributed by atoms with Crippen LogP contribution < -0.4 is 15.4 Å². The molecule has 0 unspecified atom stereocenters. The van der Waals surface area contributed by atoms with Crippen LogP contribution in [0.5, 0.6) is 5.88 Å². The molecular weight excluding hydrogens is 394 g/mol. The van der Waals surface area contributed by atoms with Gasteiger partial charge in [0.05, 0.1) is 12.6 Å². The van der Waals surface area contributed by atoms with Gasteiger partial charge >= 0.3 is 0 Å². The van der Waals surface area contributed by atoms with Gasteiger partial charge < -0.3 is 15.4 Å². The van der Waals surface area contributed by atoms with Gasteiger partial charge in [0.1, 0.15) is 5.56 Å². The molecule has 0 radical (unpaired) electrons. The first-order chi connectivity index (χ1) is 15.1. The summed E-state index contributed by atoms with van der Waals surface area (Å²) in [7, 11) is 3.08. The Balaban J connectivity index is 1.59. The standard InChI is InChI=1S/C23H27N5O3/c1-24-22(30)20-17-9-8-15(11-19(17)27-28-20)16-10-18(23(31-2)26-13-16)21(29)25-12-14-6-4-3-5-7-14/h8-11,13-14H,3-7,12H2,1-2H3,(H,24,30)(H,25,29)(H,27,28). The van der Waals surface area contributed by atoms with E-state index in [1.807, 2.05) is 18.2 Å². The van der Waals surface area contributed by atoms with Crippen LogP contribution in [-0.4, -0.2) is 47.7 Å². The number of hydrogen-bond donors (Lipinski definition) is 3. The molecule has 4 rings (SSSR count).